The van der Waals surface area contributed by atoms with Gasteiger partial charge in [0.25, 0.3) is 5.91 Å². The smallest absolute Gasteiger partial charge is 0.461 e. The molecule has 0 aromatic heterocycles. The molecule has 0 saturated heterocycles. The SMILES string of the molecule is Nc1cc(S(=O)(=O)C(F)(F)C(F)(F)C(F)(F)F)cc2c1OCC(=O)N2. The molecule has 14 heteroatoms. The number of anilines is 2. The van der Waals surface area contributed by atoms with Gasteiger partial charge in [0.1, 0.15) is 0 Å². The minimum Gasteiger partial charge on any atom is -0.479 e. The largest absolute Gasteiger partial charge is 0.479 e. The highest BCUT2D eigenvalue weighted by atomic mass is 32.2. The first kappa shape index (κ1) is 19.1. The summed E-state index contributed by atoms with van der Waals surface area (Å²) in [6, 6.07) is 0.477. The standard InChI is InChI=1S/C11H7F7N2O4S/c12-9(13,10(14,15)16)11(17,18)25(22,23)4-1-5(19)8-6(2-4)20-7(21)3-24-8/h1-2H,3,19H2,(H,20,21). The fourth-order valence-electron chi connectivity index (χ4n) is 1.84. The molecule has 1 aromatic carbocycles. The number of nitrogen functional groups attached to an aromatic ring is 1. The van der Waals surface area contributed by atoms with E-state index >= 15 is 0 Å². The van der Waals surface area contributed by atoms with Gasteiger partial charge in [-0.15, -0.1) is 0 Å². The van der Waals surface area contributed by atoms with Crippen molar-refractivity contribution in [2.75, 3.05) is 17.7 Å². The van der Waals surface area contributed by atoms with E-state index in [0.29, 0.717) is 0 Å². The van der Waals surface area contributed by atoms with Crippen LogP contribution in [0.1, 0.15) is 0 Å². The topological polar surface area (TPSA) is 98.5 Å². The number of fused-ring (bicyclic) bond motifs is 1. The van der Waals surface area contributed by atoms with E-state index < -0.39 is 56.0 Å². The van der Waals surface area contributed by atoms with E-state index in [9.17, 15) is 43.9 Å². The number of carbonyl (C=O) groups excluding carboxylic acids is 1. The second-order valence-corrected chi connectivity index (χ2v) is 6.81. The molecule has 0 aliphatic carbocycles. The number of rotatable bonds is 3. The van der Waals surface area contributed by atoms with Gasteiger partial charge in [-0.2, -0.15) is 30.7 Å². The number of hydrogen-bond acceptors (Lipinski definition) is 5. The first-order valence-corrected chi connectivity index (χ1v) is 7.54. The molecule has 0 bridgehead atoms. The number of hydrogen-bond donors (Lipinski definition) is 2. The predicted molar refractivity (Wildman–Crippen MR) is 68.1 cm³/mol. The molecule has 140 valence electrons. The van der Waals surface area contributed by atoms with Crippen LogP contribution < -0.4 is 15.8 Å². The van der Waals surface area contributed by atoms with Crippen LogP contribution in [-0.2, 0) is 14.6 Å². The molecule has 1 amide bonds. The molecule has 6 nitrogen and oxygen atoms in total. The van der Waals surface area contributed by atoms with Crippen molar-refractivity contribution < 1.29 is 48.7 Å². The maximum Gasteiger partial charge on any atom is 0.461 e. The van der Waals surface area contributed by atoms with Gasteiger partial charge in [-0.1, -0.05) is 0 Å². The number of benzene rings is 1. The van der Waals surface area contributed by atoms with Crippen LogP contribution in [0.4, 0.5) is 42.1 Å². The quantitative estimate of drug-likeness (QED) is 0.603. The molecule has 1 aliphatic heterocycles. The fourth-order valence-corrected chi connectivity index (χ4v) is 3.14. The third-order valence-corrected chi connectivity index (χ3v) is 4.87. The molecular weight excluding hydrogens is 389 g/mol. The molecule has 0 radical (unpaired) electrons. The zero-order valence-corrected chi connectivity index (χ0v) is 12.4. The van der Waals surface area contributed by atoms with Crippen LogP contribution in [0.2, 0.25) is 0 Å². The fraction of sp³-hybridized carbons (Fsp3) is 0.364. The summed E-state index contributed by atoms with van der Waals surface area (Å²) in [5.74, 6) is -8.07. The van der Waals surface area contributed by atoms with Crippen molar-refractivity contribution >= 4 is 27.1 Å². The molecule has 1 heterocycles. The van der Waals surface area contributed by atoms with Gasteiger partial charge in [0.2, 0.25) is 9.84 Å². The highest BCUT2D eigenvalue weighted by Crippen LogP contribution is 2.51. The molecule has 25 heavy (non-hydrogen) atoms. The summed E-state index contributed by atoms with van der Waals surface area (Å²) in [4.78, 5) is 9.49. The van der Waals surface area contributed by atoms with Crippen LogP contribution in [0.25, 0.3) is 0 Å². The van der Waals surface area contributed by atoms with Gasteiger partial charge in [0.05, 0.1) is 16.3 Å². The van der Waals surface area contributed by atoms with Crippen LogP contribution in [0.15, 0.2) is 17.0 Å². The van der Waals surface area contributed by atoms with Crippen molar-refractivity contribution in [3.05, 3.63) is 12.1 Å². The summed E-state index contributed by atoms with van der Waals surface area (Å²) in [5, 5.41) is -4.56. The van der Waals surface area contributed by atoms with Crippen molar-refractivity contribution in [1.82, 2.24) is 0 Å². The Morgan fingerprint density at radius 2 is 1.64 bits per heavy atom. The van der Waals surface area contributed by atoms with E-state index in [0.717, 1.165) is 0 Å². The maximum atomic E-state index is 13.6. The number of halogens is 7. The van der Waals surface area contributed by atoms with Gasteiger partial charge < -0.3 is 15.8 Å². The molecule has 3 N–H and O–H groups in total. The second-order valence-electron chi connectivity index (χ2n) is 4.82. The van der Waals surface area contributed by atoms with Gasteiger partial charge >= 0.3 is 17.4 Å². The summed E-state index contributed by atoms with van der Waals surface area (Å²) in [6.07, 6.45) is -6.83. The van der Waals surface area contributed by atoms with Crippen LogP contribution in [0.3, 0.4) is 0 Å². The number of nitrogens with one attached hydrogen (secondary N) is 1. The molecular formula is C11H7F7N2O4S. The summed E-state index contributed by atoms with van der Waals surface area (Å²) < 4.78 is 118. The lowest BCUT2D eigenvalue weighted by Crippen LogP contribution is -2.55. The van der Waals surface area contributed by atoms with Gasteiger partial charge in [-0.3, -0.25) is 4.79 Å². The van der Waals surface area contributed by atoms with Crippen LogP contribution >= 0.6 is 0 Å². The molecule has 1 aliphatic rings. The van der Waals surface area contributed by atoms with E-state index in [1.165, 1.54) is 0 Å². The first-order valence-electron chi connectivity index (χ1n) is 6.06. The van der Waals surface area contributed by atoms with Crippen molar-refractivity contribution in [3.63, 3.8) is 0 Å². The van der Waals surface area contributed by atoms with Crippen molar-refractivity contribution in [2.45, 2.75) is 22.2 Å². The van der Waals surface area contributed by atoms with Crippen LogP contribution in [0, 0.1) is 0 Å². The minimum atomic E-state index is -6.87. The number of sulfone groups is 1. The number of amides is 1. The van der Waals surface area contributed by atoms with Gasteiger partial charge in [0, 0.05) is 0 Å². The molecule has 0 unspecified atom stereocenters. The normalized spacial score (nSPS) is 16.0. The van der Waals surface area contributed by atoms with Gasteiger partial charge in [-0.05, 0) is 12.1 Å². The third-order valence-electron chi connectivity index (χ3n) is 3.08. The Balaban J connectivity index is 2.63. The van der Waals surface area contributed by atoms with E-state index in [1.54, 1.807) is 0 Å². The third kappa shape index (κ3) is 2.73. The zero-order chi connectivity index (χ0) is 19.4. The van der Waals surface area contributed by atoms with Crippen molar-refractivity contribution in [1.29, 1.82) is 0 Å². The Bertz CT molecular complexity index is 836. The Morgan fingerprint density at radius 1 is 1.08 bits per heavy atom. The summed E-state index contributed by atoms with van der Waals surface area (Å²) in [6.45, 7) is -0.550. The van der Waals surface area contributed by atoms with E-state index in [1.807, 2.05) is 5.32 Å². The van der Waals surface area contributed by atoms with Crippen molar-refractivity contribution in [2.24, 2.45) is 0 Å². The molecule has 1 aromatic rings. The van der Waals surface area contributed by atoms with E-state index in [2.05, 4.69) is 0 Å². The highest BCUT2D eigenvalue weighted by Gasteiger charge is 2.78. The number of nitrogens with two attached hydrogens (primary N) is 1. The lowest BCUT2D eigenvalue weighted by Gasteiger charge is -2.28. The number of carbonyl (C=O) groups is 1. The van der Waals surface area contributed by atoms with E-state index in [-0.39, 0.29) is 17.9 Å². The highest BCUT2D eigenvalue weighted by molar-refractivity contribution is 7.92. The summed E-state index contributed by atoms with van der Waals surface area (Å²) >= 11 is 0. The predicted octanol–water partition coefficient (Wildman–Crippen LogP) is 2.16. The Labute approximate surface area is 134 Å². The average molecular weight is 396 g/mol. The maximum absolute atomic E-state index is 13.6. The number of alkyl halides is 7. The van der Waals surface area contributed by atoms with Crippen LogP contribution in [0.5, 0.6) is 5.75 Å². The lowest BCUT2D eigenvalue weighted by atomic mass is 10.2. The Kier molecular flexibility index (Phi) is 4.10. The van der Waals surface area contributed by atoms with Gasteiger partial charge in [0.15, 0.2) is 12.4 Å². The molecule has 0 fully saturated rings. The molecule has 0 atom stereocenters. The minimum absolute atomic E-state index is 0.228. The summed E-state index contributed by atoms with van der Waals surface area (Å²) in [7, 11) is -6.54. The monoisotopic (exact) mass is 396 g/mol. The lowest BCUT2D eigenvalue weighted by molar-refractivity contribution is -0.332. The summed E-state index contributed by atoms with van der Waals surface area (Å²) in [5.41, 5.74) is 4.09. The Hall–Kier alpha value is -2.25. The molecule has 2 rings (SSSR count). The van der Waals surface area contributed by atoms with Gasteiger partial charge in [-0.25, -0.2) is 8.42 Å². The second kappa shape index (κ2) is 5.37. The van der Waals surface area contributed by atoms with E-state index in [4.69, 9.17) is 10.5 Å². The zero-order valence-electron chi connectivity index (χ0n) is 11.6. The average Bonchev–Trinajstić information content (AvgIpc) is 2.44. The van der Waals surface area contributed by atoms with Crippen molar-refractivity contribution in [3.8, 4) is 5.75 Å². The Morgan fingerprint density at radius 3 is 2.16 bits per heavy atom. The number of ether oxygens (including phenoxy) is 1. The molecule has 0 saturated carbocycles. The van der Waals surface area contributed by atoms with Crippen LogP contribution in [-0.4, -0.2) is 38.3 Å². The molecule has 0 spiro atoms. The first-order chi connectivity index (χ1) is 11.1.